The fourth-order valence-corrected chi connectivity index (χ4v) is 3.16. The zero-order valence-electron chi connectivity index (χ0n) is 9.51. The molecule has 0 unspecified atom stereocenters. The van der Waals surface area contributed by atoms with Gasteiger partial charge >= 0.3 is 0 Å². The van der Waals surface area contributed by atoms with Crippen molar-refractivity contribution in [2.24, 2.45) is 17.3 Å². The highest BCUT2D eigenvalue weighted by molar-refractivity contribution is 5.08. The predicted octanol–water partition coefficient (Wildman–Crippen LogP) is 2.76. The summed E-state index contributed by atoms with van der Waals surface area (Å²) in [4.78, 5) is 2.66. The third-order valence-corrected chi connectivity index (χ3v) is 4.20. The van der Waals surface area contributed by atoms with Gasteiger partial charge in [0.25, 0.3) is 0 Å². The Kier molecular flexibility index (Phi) is 2.18. The molecule has 1 aliphatic carbocycles. The molecule has 0 aromatic carbocycles. The van der Waals surface area contributed by atoms with Crippen LogP contribution in [0.2, 0.25) is 0 Å². The Bertz CT molecular complexity index is 189. The lowest BCUT2D eigenvalue weighted by Gasteiger charge is -2.20. The van der Waals surface area contributed by atoms with Gasteiger partial charge in [0.1, 0.15) is 0 Å². The topological polar surface area (TPSA) is 3.24 Å². The molecule has 2 aliphatic rings. The second kappa shape index (κ2) is 2.98. The van der Waals surface area contributed by atoms with Crippen LogP contribution in [0.3, 0.4) is 0 Å². The Hall–Kier alpha value is -0.0400. The molecule has 1 spiro atoms. The van der Waals surface area contributed by atoms with E-state index in [1.807, 2.05) is 0 Å². The maximum Gasteiger partial charge on any atom is 0.00440 e. The van der Waals surface area contributed by atoms with Gasteiger partial charge in [0.05, 0.1) is 0 Å². The van der Waals surface area contributed by atoms with Crippen molar-refractivity contribution in [3.8, 4) is 0 Å². The molecule has 2 fully saturated rings. The molecular formula is C12H23N. The van der Waals surface area contributed by atoms with Gasteiger partial charge in [-0.2, -0.15) is 0 Å². The lowest BCUT2D eigenvalue weighted by Crippen LogP contribution is -2.28. The summed E-state index contributed by atoms with van der Waals surface area (Å²) in [5.41, 5.74) is 0.762. The minimum atomic E-state index is 0.757. The van der Waals surface area contributed by atoms with E-state index in [-0.39, 0.29) is 0 Å². The highest BCUT2D eigenvalue weighted by Gasteiger charge is 2.57. The van der Waals surface area contributed by atoms with E-state index in [4.69, 9.17) is 0 Å². The first-order valence-corrected chi connectivity index (χ1v) is 5.79. The molecule has 2 rings (SSSR count). The van der Waals surface area contributed by atoms with Crippen LogP contribution in [0.5, 0.6) is 0 Å². The first kappa shape index (κ1) is 9.51. The maximum absolute atomic E-state index is 2.66. The normalized spacial score (nSPS) is 39.7. The number of rotatable bonds is 2. The summed E-state index contributed by atoms with van der Waals surface area (Å²) in [6, 6.07) is 0.757. The van der Waals surface area contributed by atoms with Gasteiger partial charge < -0.3 is 4.90 Å². The second-order valence-electron chi connectivity index (χ2n) is 5.73. The summed E-state index contributed by atoms with van der Waals surface area (Å²) in [7, 11) is 0. The van der Waals surface area contributed by atoms with Crippen LogP contribution in [0.25, 0.3) is 0 Å². The average Bonchev–Trinajstić information content (AvgIpc) is 2.52. The molecular weight excluding hydrogens is 158 g/mol. The summed E-state index contributed by atoms with van der Waals surface area (Å²) < 4.78 is 0. The van der Waals surface area contributed by atoms with Crippen molar-refractivity contribution < 1.29 is 0 Å². The van der Waals surface area contributed by atoms with Gasteiger partial charge in [0.2, 0.25) is 0 Å². The summed E-state index contributed by atoms with van der Waals surface area (Å²) in [5.74, 6) is 1.95. The Morgan fingerprint density at radius 3 is 2.31 bits per heavy atom. The summed E-state index contributed by atoms with van der Waals surface area (Å²) in [5, 5.41) is 0. The molecule has 1 heterocycles. The summed E-state index contributed by atoms with van der Waals surface area (Å²) >= 11 is 0. The molecule has 0 N–H and O–H groups in total. The predicted molar refractivity (Wildman–Crippen MR) is 56.7 cm³/mol. The van der Waals surface area contributed by atoms with Gasteiger partial charge in [-0.3, -0.25) is 0 Å². The third-order valence-electron chi connectivity index (χ3n) is 4.20. The maximum atomic E-state index is 2.66. The van der Waals surface area contributed by atoms with Crippen molar-refractivity contribution in [1.82, 2.24) is 4.90 Å². The van der Waals surface area contributed by atoms with Gasteiger partial charge in [0.15, 0.2) is 0 Å². The highest BCUT2D eigenvalue weighted by atomic mass is 15.2. The van der Waals surface area contributed by atoms with Crippen LogP contribution in [0, 0.1) is 17.3 Å². The smallest absolute Gasteiger partial charge is 0.00440 e. The molecule has 0 amide bonds. The molecule has 0 aromatic rings. The van der Waals surface area contributed by atoms with Crippen molar-refractivity contribution in [3.05, 3.63) is 0 Å². The lowest BCUT2D eigenvalue weighted by atomic mass is 9.96. The monoisotopic (exact) mass is 181 g/mol. The number of likely N-dealkylation sites (tertiary alicyclic amines) is 1. The van der Waals surface area contributed by atoms with Crippen LogP contribution in [0.15, 0.2) is 0 Å². The van der Waals surface area contributed by atoms with E-state index in [1.54, 1.807) is 0 Å². The molecule has 1 nitrogen and oxygen atoms in total. The SMILES string of the molecule is CC(C)[C@@H]1C[C@]12CCN(C(C)C)C2. The fourth-order valence-electron chi connectivity index (χ4n) is 3.16. The molecule has 0 aromatic heterocycles. The van der Waals surface area contributed by atoms with Gasteiger partial charge in [-0.15, -0.1) is 0 Å². The molecule has 0 radical (unpaired) electrons. The van der Waals surface area contributed by atoms with Crippen LogP contribution < -0.4 is 0 Å². The van der Waals surface area contributed by atoms with Crippen LogP contribution >= 0.6 is 0 Å². The van der Waals surface area contributed by atoms with Gasteiger partial charge in [0, 0.05) is 12.6 Å². The molecule has 0 bridgehead atoms. The van der Waals surface area contributed by atoms with E-state index >= 15 is 0 Å². The van der Waals surface area contributed by atoms with Crippen LogP contribution in [0.4, 0.5) is 0 Å². The molecule has 2 atom stereocenters. The quantitative estimate of drug-likeness (QED) is 0.633. The number of hydrogen-bond donors (Lipinski definition) is 0. The highest BCUT2D eigenvalue weighted by Crippen LogP contribution is 2.61. The van der Waals surface area contributed by atoms with E-state index in [0.29, 0.717) is 0 Å². The average molecular weight is 181 g/mol. The first-order valence-electron chi connectivity index (χ1n) is 5.79. The van der Waals surface area contributed by atoms with Crippen LogP contribution in [-0.4, -0.2) is 24.0 Å². The van der Waals surface area contributed by atoms with Gasteiger partial charge in [-0.1, -0.05) is 13.8 Å². The third kappa shape index (κ3) is 1.52. The van der Waals surface area contributed by atoms with Crippen molar-refractivity contribution in [1.29, 1.82) is 0 Å². The Labute approximate surface area is 82.5 Å². The first-order chi connectivity index (χ1) is 6.05. The Morgan fingerprint density at radius 1 is 1.23 bits per heavy atom. The lowest BCUT2D eigenvalue weighted by molar-refractivity contribution is 0.254. The zero-order valence-corrected chi connectivity index (χ0v) is 9.51. The van der Waals surface area contributed by atoms with Crippen molar-refractivity contribution in [2.45, 2.75) is 46.6 Å². The Balaban J connectivity index is 1.93. The second-order valence-corrected chi connectivity index (χ2v) is 5.73. The molecule has 1 saturated carbocycles. The minimum absolute atomic E-state index is 0.757. The standard InChI is InChI=1S/C12H23N/c1-9(2)11-7-12(11)5-6-13(8-12)10(3)4/h9-11H,5-8H2,1-4H3/t11-,12-/m0/s1. The zero-order chi connectivity index (χ0) is 9.64. The summed E-state index contributed by atoms with van der Waals surface area (Å²) in [6.07, 6.45) is 2.97. The van der Waals surface area contributed by atoms with E-state index in [9.17, 15) is 0 Å². The number of nitrogens with zero attached hydrogens (tertiary/aromatic N) is 1. The molecule has 76 valence electrons. The molecule has 1 aliphatic heterocycles. The fraction of sp³-hybridized carbons (Fsp3) is 1.00. The van der Waals surface area contributed by atoms with Gasteiger partial charge in [-0.05, 0) is 50.5 Å². The van der Waals surface area contributed by atoms with E-state index in [2.05, 4.69) is 32.6 Å². The van der Waals surface area contributed by atoms with Gasteiger partial charge in [-0.25, -0.2) is 0 Å². The largest absolute Gasteiger partial charge is 0.300 e. The van der Waals surface area contributed by atoms with E-state index < -0.39 is 0 Å². The summed E-state index contributed by atoms with van der Waals surface area (Å²) in [6.45, 7) is 12.2. The van der Waals surface area contributed by atoms with Crippen LogP contribution in [0.1, 0.15) is 40.5 Å². The molecule has 1 saturated heterocycles. The number of hydrogen-bond acceptors (Lipinski definition) is 1. The van der Waals surface area contributed by atoms with Crippen molar-refractivity contribution in [2.75, 3.05) is 13.1 Å². The van der Waals surface area contributed by atoms with E-state index in [1.165, 1.54) is 25.9 Å². The van der Waals surface area contributed by atoms with Crippen molar-refractivity contribution in [3.63, 3.8) is 0 Å². The van der Waals surface area contributed by atoms with Crippen LogP contribution in [-0.2, 0) is 0 Å². The molecule has 1 heteroatoms. The Morgan fingerprint density at radius 2 is 1.92 bits per heavy atom. The van der Waals surface area contributed by atoms with Crippen molar-refractivity contribution >= 4 is 0 Å². The minimum Gasteiger partial charge on any atom is -0.300 e. The van der Waals surface area contributed by atoms with E-state index in [0.717, 1.165) is 23.3 Å². The molecule has 13 heavy (non-hydrogen) atoms.